The number of nitrogens with two attached hydrogens (primary N) is 4. The molecule has 2 aliphatic carbocycles. The van der Waals surface area contributed by atoms with Gasteiger partial charge in [0.1, 0.15) is 68.7 Å². The van der Waals surface area contributed by atoms with Crippen LogP contribution in [0.5, 0.6) is 0 Å². The highest BCUT2D eigenvalue weighted by Crippen LogP contribution is 2.46. The van der Waals surface area contributed by atoms with Crippen molar-refractivity contribution < 1.29 is 24.8 Å². The number of hydrogen-bond acceptors (Lipinski definition) is 28. The van der Waals surface area contributed by atoms with E-state index in [-0.39, 0.29) is 16.7 Å². The van der Waals surface area contributed by atoms with E-state index in [1.165, 1.54) is 42.0 Å². The fraction of sp³-hybridized carbons (Fsp3) is 0.239. The Kier molecular flexibility index (Phi) is 20.7. The van der Waals surface area contributed by atoms with Gasteiger partial charge in [0, 0.05) is 11.6 Å². The molecule has 0 aliphatic heterocycles. The van der Waals surface area contributed by atoms with E-state index in [0.29, 0.717) is 33.1 Å². The zero-order valence-electron chi connectivity index (χ0n) is 42.8. The summed E-state index contributed by atoms with van der Waals surface area (Å²) in [5.41, 5.74) is 30.0. The molecule has 26 nitrogen and oxygen atoms in total. The minimum atomic E-state index is -1.04. The standard InChI is InChI=1S/C10H11N3S.2C7H6BrN3S.C7H5N3O2S.C7H7N3S.C5H2ClN3O4.C3H7BO2/c1-5-13-9-8(6-2-3-6)7(11)4-12-10(9)14-5;1-3-11-6-5(8)4(9)2-10-7(6)12-3;1-3-10-5-2-4(9)6(8)11-7(5)12-3;1-4-9-6-2-5(10(11)12)3-8-7(6)13-4;1-4-10-6-2-5(8)3-9-7(6)11-4;6-5-4(9(12)13)1-3(2-7-5)8(10)11;5-4(6)3-1-2-3/h4,6H,2-3,11H2,1H3;2*2H,9H2,1H3;2-3H,1H3;2-3H,8H2,1H3;1-2H;3,5-6H,1-2H2. The van der Waals surface area contributed by atoms with Crippen LogP contribution in [0, 0.1) is 65.0 Å². The van der Waals surface area contributed by atoms with Crippen molar-refractivity contribution in [1.29, 1.82) is 0 Å². The Morgan fingerprint density at radius 3 is 1.53 bits per heavy atom. The summed E-state index contributed by atoms with van der Waals surface area (Å²) in [6.45, 7) is 9.73. The van der Waals surface area contributed by atoms with Crippen molar-refractivity contribution in [2.75, 3.05) is 22.9 Å². The number of nitrogen functional groups attached to an aromatic ring is 4. The Morgan fingerprint density at radius 2 is 1.00 bits per heavy atom. The van der Waals surface area contributed by atoms with Gasteiger partial charge in [0.25, 0.3) is 11.4 Å². The lowest BCUT2D eigenvalue weighted by atomic mass is 9.84. The van der Waals surface area contributed by atoms with E-state index in [0.717, 1.165) is 107 Å². The lowest BCUT2D eigenvalue weighted by molar-refractivity contribution is -0.394. The smallest absolute Gasteiger partial charge is 0.427 e. The van der Waals surface area contributed by atoms with Gasteiger partial charge in [0.2, 0.25) is 5.15 Å². The molecule has 11 aromatic heterocycles. The molecule has 11 aromatic rings. The molecule has 0 radical (unpaired) electrons. The zero-order valence-corrected chi connectivity index (χ0v) is 50.9. The Labute approximate surface area is 500 Å². The van der Waals surface area contributed by atoms with Gasteiger partial charge in [-0.05, 0) is 103 Å². The number of halogens is 3. The fourth-order valence-corrected chi connectivity index (χ4v) is 11.6. The molecule has 2 saturated carbocycles. The third-order valence-electron chi connectivity index (χ3n) is 10.7. The van der Waals surface area contributed by atoms with E-state index in [1.807, 2.05) is 46.8 Å². The first-order chi connectivity index (χ1) is 38.3. The largest absolute Gasteiger partial charge is 0.454 e. The molecule has 0 unspecified atom stereocenters. The maximum atomic E-state index is 10.4. The van der Waals surface area contributed by atoms with E-state index in [4.69, 9.17) is 44.6 Å². The first-order valence-corrected chi connectivity index (χ1v) is 29.4. The van der Waals surface area contributed by atoms with Crippen LogP contribution >= 0.6 is 100 Å². The molecule has 13 rings (SSSR count). The van der Waals surface area contributed by atoms with E-state index < -0.39 is 33.3 Å². The summed E-state index contributed by atoms with van der Waals surface area (Å²) in [5.74, 6) is 0.854. The maximum absolute atomic E-state index is 10.4. The van der Waals surface area contributed by atoms with Gasteiger partial charge in [-0.15, -0.1) is 0 Å². The summed E-state index contributed by atoms with van der Waals surface area (Å²) < 4.78 is 1.54. The summed E-state index contributed by atoms with van der Waals surface area (Å²) in [6.07, 6.45) is 11.7. The van der Waals surface area contributed by atoms with Crippen molar-refractivity contribution in [2.45, 2.75) is 72.0 Å². The summed E-state index contributed by atoms with van der Waals surface area (Å²) in [5, 5.41) is 51.9. The predicted molar refractivity (Wildman–Crippen MR) is 328 cm³/mol. The summed E-state index contributed by atoms with van der Waals surface area (Å²) >= 11 is 19.7. The molecule has 0 aromatic carbocycles. The average molecular weight is 1340 g/mol. The van der Waals surface area contributed by atoms with Crippen molar-refractivity contribution in [3.8, 4) is 0 Å². The van der Waals surface area contributed by atoms with Gasteiger partial charge in [0.05, 0.1) is 91.7 Å². The van der Waals surface area contributed by atoms with Gasteiger partial charge in [0.15, 0.2) is 0 Å². The number of pyridine rings is 6. The number of nitro groups is 3. The molecular weight excluding hydrogens is 1300 g/mol. The van der Waals surface area contributed by atoms with Crippen LogP contribution in [0.25, 0.3) is 51.7 Å². The van der Waals surface area contributed by atoms with Crippen LogP contribution in [0.4, 0.5) is 39.8 Å². The Morgan fingerprint density at radius 1 is 0.543 bits per heavy atom. The second-order valence-electron chi connectivity index (χ2n) is 17.2. The topological polar surface area (TPSA) is 416 Å². The number of thiazole rings is 5. The Hall–Kier alpha value is -7.02. The second kappa shape index (κ2) is 27.2. The molecule has 0 saturated heterocycles. The van der Waals surface area contributed by atoms with Gasteiger partial charge >= 0.3 is 12.8 Å². The van der Waals surface area contributed by atoms with Gasteiger partial charge < -0.3 is 33.0 Å². The molecule has 0 spiro atoms. The molecular formula is C46H44BBr2ClN18O8S5. The lowest BCUT2D eigenvalue weighted by Crippen LogP contribution is -2.09. The molecule has 2 aliphatic rings. The van der Waals surface area contributed by atoms with Crippen LogP contribution in [0.15, 0.2) is 64.3 Å². The van der Waals surface area contributed by atoms with Crippen molar-refractivity contribution in [3.63, 3.8) is 0 Å². The second-order valence-corrected chi connectivity index (χ2v) is 25.0. The quantitative estimate of drug-likeness (QED) is 0.0403. The molecule has 10 N–H and O–H groups in total. The van der Waals surface area contributed by atoms with Gasteiger partial charge in [-0.3, -0.25) is 30.3 Å². The predicted octanol–water partition coefficient (Wildman–Crippen LogP) is 11.8. The highest BCUT2D eigenvalue weighted by atomic mass is 79.9. The van der Waals surface area contributed by atoms with Crippen molar-refractivity contribution in [1.82, 2.24) is 54.8 Å². The zero-order chi connectivity index (χ0) is 59.0. The molecule has 0 atom stereocenters. The monoisotopic (exact) mass is 1340 g/mol. The highest BCUT2D eigenvalue weighted by molar-refractivity contribution is 9.11. The number of anilines is 4. The molecule has 0 bridgehead atoms. The van der Waals surface area contributed by atoms with E-state index in [2.05, 4.69) is 86.7 Å². The molecule has 2 fully saturated rings. The van der Waals surface area contributed by atoms with E-state index >= 15 is 0 Å². The number of aromatic nitrogens is 11. The third-order valence-corrected chi connectivity index (χ3v) is 16.9. The fourth-order valence-electron chi connectivity index (χ4n) is 6.77. The van der Waals surface area contributed by atoms with Crippen LogP contribution < -0.4 is 22.9 Å². The van der Waals surface area contributed by atoms with Crippen molar-refractivity contribution in [3.05, 3.63) is 130 Å². The SMILES string of the molecule is Cc1nc2c(Br)c(N)cnc2s1.Cc1nc2c(C3CC3)c(N)cnc2s1.Cc1nc2cc(N)c(Br)nc2s1.Cc1nc2cc(N)cnc2s1.Cc1nc2cc([N+](=O)[O-])cnc2s1.O=[N+]([O-])c1cnc(Cl)c([N+](=O)[O-])c1.OB(O)C1CC1. The number of aryl methyl sites for hydroxylation is 5. The average Bonchev–Trinajstić information content (AvgIpc) is 4.38. The van der Waals surface area contributed by atoms with Crippen molar-refractivity contribution in [2.24, 2.45) is 0 Å². The van der Waals surface area contributed by atoms with E-state index in [1.54, 1.807) is 63.9 Å². The van der Waals surface area contributed by atoms with Gasteiger partial charge in [-0.1, -0.05) is 81.1 Å². The van der Waals surface area contributed by atoms with Gasteiger partial charge in [-0.25, -0.2) is 54.8 Å². The molecule has 420 valence electrons. The van der Waals surface area contributed by atoms with Crippen LogP contribution in [-0.4, -0.2) is 86.8 Å². The van der Waals surface area contributed by atoms with Crippen LogP contribution in [-0.2, 0) is 0 Å². The molecule has 0 amide bonds. The molecule has 81 heavy (non-hydrogen) atoms. The number of nitrogens with zero attached hydrogens (tertiary/aromatic N) is 14. The Balaban J connectivity index is 0.000000137. The lowest BCUT2D eigenvalue weighted by Gasteiger charge is -2.02. The first-order valence-electron chi connectivity index (χ1n) is 23.4. The summed E-state index contributed by atoms with van der Waals surface area (Å²) in [6, 6.07) is 5.86. The molecule has 11 heterocycles. The van der Waals surface area contributed by atoms with Gasteiger partial charge in [-0.2, -0.15) is 0 Å². The van der Waals surface area contributed by atoms with Crippen LogP contribution in [0.2, 0.25) is 11.0 Å². The third kappa shape index (κ3) is 16.8. The van der Waals surface area contributed by atoms with E-state index in [9.17, 15) is 30.3 Å². The molecule has 35 heteroatoms. The van der Waals surface area contributed by atoms with Crippen molar-refractivity contribution >= 4 is 199 Å². The Bertz CT molecular complexity index is 4070. The summed E-state index contributed by atoms with van der Waals surface area (Å²) in [7, 11) is -1.04. The highest BCUT2D eigenvalue weighted by Gasteiger charge is 2.33. The van der Waals surface area contributed by atoms with Crippen LogP contribution in [0.1, 0.15) is 62.2 Å². The number of rotatable bonds is 5. The van der Waals surface area contributed by atoms with Crippen LogP contribution in [0.3, 0.4) is 0 Å². The maximum Gasteiger partial charge on any atom is 0.454 e. The normalized spacial score (nSPS) is 12.3. The minimum absolute atomic E-state index is 0.0159. The summed E-state index contributed by atoms with van der Waals surface area (Å²) in [4.78, 5) is 78.8. The number of fused-ring (bicyclic) bond motifs is 5. The number of hydrogen-bond donors (Lipinski definition) is 6. The first kappa shape index (κ1) is 61.6. The minimum Gasteiger partial charge on any atom is -0.427 e.